The van der Waals surface area contributed by atoms with E-state index in [-0.39, 0.29) is 23.2 Å². The molecule has 1 heterocycles. The Balaban J connectivity index is 1.89. The van der Waals surface area contributed by atoms with Gasteiger partial charge in [-0.3, -0.25) is 4.79 Å². The van der Waals surface area contributed by atoms with Crippen LogP contribution in [0.4, 0.5) is 14.6 Å². The van der Waals surface area contributed by atoms with Crippen LogP contribution in [0.15, 0.2) is 59.2 Å². The van der Waals surface area contributed by atoms with Gasteiger partial charge in [0.2, 0.25) is 0 Å². The van der Waals surface area contributed by atoms with Gasteiger partial charge in [0.15, 0.2) is 0 Å². The van der Waals surface area contributed by atoms with E-state index in [0.29, 0.717) is 18.2 Å². The van der Waals surface area contributed by atoms with E-state index in [9.17, 15) is 13.6 Å². The number of carbonyl (C=O) groups excluding carboxylic acids is 1. The number of benzene rings is 2. The van der Waals surface area contributed by atoms with Crippen molar-refractivity contribution in [1.82, 2.24) is 4.98 Å². The monoisotopic (exact) mass is 492 g/mol. The predicted molar refractivity (Wildman–Crippen MR) is 115 cm³/mol. The molecule has 1 atom stereocenters. The Bertz CT molecular complexity index is 1040. The van der Waals surface area contributed by atoms with E-state index < -0.39 is 17.5 Å². The first-order valence-electron chi connectivity index (χ1n) is 9.20. The summed E-state index contributed by atoms with van der Waals surface area (Å²) in [5.74, 6) is -1.24. The highest BCUT2D eigenvalue weighted by atomic mass is 79.9. The van der Waals surface area contributed by atoms with Crippen molar-refractivity contribution in [3.8, 4) is 17.2 Å². The maximum Gasteiger partial charge on any atom is 0.257 e. The fourth-order valence-electron chi connectivity index (χ4n) is 2.69. The molecule has 1 unspecified atom stereocenters. The Hall–Kier alpha value is -3.04. The van der Waals surface area contributed by atoms with Gasteiger partial charge in [-0.1, -0.05) is 0 Å². The van der Waals surface area contributed by atoms with Crippen LogP contribution in [0.25, 0.3) is 0 Å². The first-order valence-corrected chi connectivity index (χ1v) is 9.99. The maximum atomic E-state index is 13.5. The molecule has 1 aromatic heterocycles. The summed E-state index contributed by atoms with van der Waals surface area (Å²) in [6.45, 7) is 2.12. The van der Waals surface area contributed by atoms with Crippen molar-refractivity contribution < 1.29 is 27.8 Å². The zero-order valence-corrected chi connectivity index (χ0v) is 18.3. The Morgan fingerprint density at radius 1 is 1.06 bits per heavy atom. The minimum Gasteiger partial charge on any atom is -0.488 e. The van der Waals surface area contributed by atoms with Crippen LogP contribution in [0.5, 0.6) is 17.2 Å². The predicted octanol–water partition coefficient (Wildman–Crippen LogP) is 5.58. The molecular formula is C22H19BrF2N2O4. The SMILES string of the molecule is COCC(C)Oc1cc(Oc2cc(F)cc(F)c2)cc(C(=O)Nc2ccc(Br)cn2)c1. The summed E-state index contributed by atoms with van der Waals surface area (Å²) >= 11 is 3.28. The van der Waals surface area contributed by atoms with E-state index in [1.807, 2.05) is 0 Å². The number of rotatable bonds is 8. The van der Waals surface area contributed by atoms with Crippen molar-refractivity contribution in [3.05, 3.63) is 76.4 Å². The number of pyridine rings is 1. The van der Waals surface area contributed by atoms with Crippen molar-refractivity contribution in [3.63, 3.8) is 0 Å². The van der Waals surface area contributed by atoms with E-state index in [0.717, 1.165) is 22.7 Å². The molecule has 0 aliphatic rings. The van der Waals surface area contributed by atoms with Gasteiger partial charge in [0.05, 0.1) is 6.61 Å². The largest absolute Gasteiger partial charge is 0.488 e. The number of hydrogen-bond donors (Lipinski definition) is 1. The van der Waals surface area contributed by atoms with Crippen LogP contribution < -0.4 is 14.8 Å². The van der Waals surface area contributed by atoms with Gasteiger partial charge in [-0.15, -0.1) is 0 Å². The third-order valence-electron chi connectivity index (χ3n) is 3.92. The molecule has 3 rings (SSSR count). The number of methoxy groups -OCH3 is 1. The lowest BCUT2D eigenvalue weighted by Gasteiger charge is -2.16. The summed E-state index contributed by atoms with van der Waals surface area (Å²) in [7, 11) is 1.54. The van der Waals surface area contributed by atoms with Crippen LogP contribution in [-0.4, -0.2) is 30.7 Å². The Morgan fingerprint density at radius 3 is 2.39 bits per heavy atom. The molecule has 0 spiro atoms. The molecule has 162 valence electrons. The zero-order chi connectivity index (χ0) is 22.4. The molecule has 0 saturated heterocycles. The number of ether oxygens (including phenoxy) is 3. The van der Waals surface area contributed by atoms with E-state index in [1.54, 1.807) is 32.4 Å². The zero-order valence-electron chi connectivity index (χ0n) is 16.7. The molecule has 0 aliphatic carbocycles. The van der Waals surface area contributed by atoms with E-state index in [2.05, 4.69) is 26.2 Å². The second-order valence-corrected chi connectivity index (χ2v) is 7.52. The molecule has 0 aliphatic heterocycles. The summed E-state index contributed by atoms with van der Waals surface area (Å²) in [6, 6.07) is 10.7. The summed E-state index contributed by atoms with van der Waals surface area (Å²) in [6.07, 6.45) is 1.24. The number of amides is 1. The van der Waals surface area contributed by atoms with Crippen molar-refractivity contribution >= 4 is 27.7 Å². The molecular weight excluding hydrogens is 474 g/mol. The Labute approximate surface area is 186 Å². The first-order chi connectivity index (χ1) is 14.8. The highest BCUT2D eigenvalue weighted by Crippen LogP contribution is 2.29. The smallest absolute Gasteiger partial charge is 0.257 e. The molecule has 2 aromatic carbocycles. The van der Waals surface area contributed by atoms with Crippen LogP contribution in [-0.2, 0) is 4.74 Å². The lowest BCUT2D eigenvalue weighted by Crippen LogP contribution is -2.18. The quantitative estimate of drug-likeness (QED) is 0.444. The summed E-state index contributed by atoms with van der Waals surface area (Å²) in [5.41, 5.74) is 0.207. The number of anilines is 1. The number of hydrogen-bond acceptors (Lipinski definition) is 5. The van der Waals surface area contributed by atoms with Gasteiger partial charge < -0.3 is 19.5 Å². The molecule has 0 bridgehead atoms. The molecule has 1 amide bonds. The summed E-state index contributed by atoms with van der Waals surface area (Å²) in [4.78, 5) is 16.9. The minimum absolute atomic E-state index is 0.0551. The van der Waals surface area contributed by atoms with E-state index in [4.69, 9.17) is 14.2 Å². The van der Waals surface area contributed by atoms with Crippen LogP contribution in [0.3, 0.4) is 0 Å². The average molecular weight is 493 g/mol. The number of aromatic nitrogens is 1. The van der Waals surface area contributed by atoms with Crippen LogP contribution >= 0.6 is 15.9 Å². The average Bonchev–Trinajstić information content (AvgIpc) is 2.69. The van der Waals surface area contributed by atoms with Crippen LogP contribution in [0.2, 0.25) is 0 Å². The molecule has 6 nitrogen and oxygen atoms in total. The number of nitrogens with zero attached hydrogens (tertiary/aromatic N) is 1. The second-order valence-electron chi connectivity index (χ2n) is 6.60. The van der Waals surface area contributed by atoms with Gasteiger partial charge in [0, 0.05) is 47.6 Å². The van der Waals surface area contributed by atoms with Gasteiger partial charge in [0.25, 0.3) is 5.91 Å². The first kappa shape index (κ1) is 22.6. The van der Waals surface area contributed by atoms with E-state index >= 15 is 0 Å². The highest BCUT2D eigenvalue weighted by molar-refractivity contribution is 9.10. The van der Waals surface area contributed by atoms with Gasteiger partial charge in [-0.25, -0.2) is 13.8 Å². The fourth-order valence-corrected chi connectivity index (χ4v) is 2.93. The van der Waals surface area contributed by atoms with Crippen molar-refractivity contribution in [2.45, 2.75) is 13.0 Å². The number of nitrogens with one attached hydrogen (secondary N) is 1. The number of halogens is 3. The molecule has 9 heteroatoms. The number of carbonyl (C=O) groups is 1. The Morgan fingerprint density at radius 2 is 1.74 bits per heavy atom. The standard InChI is InChI=1S/C22H19BrF2N2O4/c1-13(12-29-2)30-18-5-14(22(28)27-21-4-3-15(23)11-26-21)6-19(10-18)31-20-8-16(24)7-17(25)9-20/h3-11,13H,12H2,1-2H3,(H,26,27,28). The van der Waals surface area contributed by atoms with Crippen LogP contribution in [0.1, 0.15) is 17.3 Å². The van der Waals surface area contributed by atoms with Gasteiger partial charge >= 0.3 is 0 Å². The van der Waals surface area contributed by atoms with Crippen molar-refractivity contribution in [2.75, 3.05) is 19.0 Å². The third kappa shape index (κ3) is 6.73. The molecule has 0 saturated carbocycles. The Kier molecular flexibility index (Phi) is 7.54. The fraction of sp³-hybridized carbons (Fsp3) is 0.182. The lowest BCUT2D eigenvalue weighted by molar-refractivity contribution is 0.0915. The molecule has 1 N–H and O–H groups in total. The van der Waals surface area contributed by atoms with E-state index in [1.165, 1.54) is 18.2 Å². The molecule has 0 fully saturated rings. The van der Waals surface area contributed by atoms with Gasteiger partial charge in [-0.05, 0) is 47.1 Å². The summed E-state index contributed by atoms with van der Waals surface area (Å²) < 4.78 is 44.2. The molecule has 31 heavy (non-hydrogen) atoms. The maximum absolute atomic E-state index is 13.5. The molecule has 0 radical (unpaired) electrons. The highest BCUT2D eigenvalue weighted by Gasteiger charge is 2.14. The van der Waals surface area contributed by atoms with Crippen molar-refractivity contribution in [2.24, 2.45) is 0 Å². The third-order valence-corrected chi connectivity index (χ3v) is 4.39. The topological polar surface area (TPSA) is 69.7 Å². The van der Waals surface area contributed by atoms with Gasteiger partial charge in [0.1, 0.15) is 40.8 Å². The normalized spacial score (nSPS) is 11.6. The minimum atomic E-state index is -0.782. The second kappa shape index (κ2) is 10.3. The summed E-state index contributed by atoms with van der Waals surface area (Å²) in [5, 5.41) is 2.67. The van der Waals surface area contributed by atoms with Gasteiger partial charge in [-0.2, -0.15) is 0 Å². The van der Waals surface area contributed by atoms with Crippen LogP contribution in [0, 0.1) is 11.6 Å². The molecule has 3 aromatic rings. The lowest BCUT2D eigenvalue weighted by atomic mass is 10.2. The van der Waals surface area contributed by atoms with Crippen molar-refractivity contribution in [1.29, 1.82) is 0 Å².